The van der Waals surface area contributed by atoms with Crippen molar-refractivity contribution in [2.24, 2.45) is 0 Å². The lowest BCUT2D eigenvalue weighted by Gasteiger charge is -2.11. The number of nitrogens with zero attached hydrogens (tertiary/aromatic N) is 1. The van der Waals surface area contributed by atoms with Gasteiger partial charge in [-0.1, -0.05) is 30.3 Å². The average Bonchev–Trinajstić information content (AvgIpc) is 2.64. The molecule has 0 aliphatic carbocycles. The number of hydrazine groups is 1. The number of nitrogens with one attached hydrogen (secondary N) is 2. The van der Waals surface area contributed by atoms with Gasteiger partial charge in [0.1, 0.15) is 0 Å². The Balaban J connectivity index is 2.19. The molecule has 0 fully saturated rings. The number of rotatable bonds is 6. The molecule has 0 unspecified atom stereocenters. The Morgan fingerprint density at radius 3 is 2.42 bits per heavy atom. The Morgan fingerprint density at radius 1 is 1.12 bits per heavy atom. The highest BCUT2D eigenvalue weighted by molar-refractivity contribution is 7.98. The van der Waals surface area contributed by atoms with E-state index in [9.17, 15) is 28.5 Å². The molecule has 10 heteroatoms. The molecule has 0 aliphatic heterocycles. The number of nitro groups is 1. The van der Waals surface area contributed by atoms with Crippen molar-refractivity contribution in [1.29, 1.82) is 0 Å². The zero-order valence-corrected chi connectivity index (χ0v) is 14.0. The normalized spacial score (nSPS) is 10.4. The molecule has 0 saturated carbocycles. The van der Waals surface area contributed by atoms with Gasteiger partial charge in [0.15, 0.2) is 0 Å². The van der Waals surface area contributed by atoms with E-state index in [0.717, 1.165) is 11.6 Å². The van der Waals surface area contributed by atoms with Crippen molar-refractivity contribution in [1.82, 2.24) is 10.9 Å². The number of hydrogen-bond donors (Lipinski definition) is 2. The number of non-ortho nitro benzene ring substituents is 1. The fourth-order valence-corrected chi connectivity index (χ4v) is 2.94. The molecule has 0 aromatic heterocycles. The quantitative estimate of drug-likeness (QED) is 0.455. The topological polar surface area (TPSA) is 101 Å². The molecule has 0 atom stereocenters. The Labute approximate surface area is 150 Å². The molecule has 0 spiro atoms. The number of hydrogen-bond acceptors (Lipinski definition) is 5. The van der Waals surface area contributed by atoms with Crippen LogP contribution in [0.25, 0.3) is 0 Å². The molecule has 0 radical (unpaired) electrons. The van der Waals surface area contributed by atoms with Crippen LogP contribution in [0, 0.1) is 10.1 Å². The summed E-state index contributed by atoms with van der Waals surface area (Å²) in [4.78, 5) is 33.6. The van der Waals surface area contributed by atoms with Gasteiger partial charge in [-0.15, -0.1) is 11.8 Å². The minimum absolute atomic E-state index is 0.0195. The second kappa shape index (κ2) is 8.90. The lowest BCUT2D eigenvalue weighted by atomic mass is 10.2. The lowest BCUT2D eigenvalue weighted by molar-refractivity contribution is -0.385. The Kier molecular flexibility index (Phi) is 6.61. The molecule has 2 rings (SSSR count). The van der Waals surface area contributed by atoms with E-state index in [0.29, 0.717) is 5.75 Å². The number of carbonyl (C=O) groups is 2. The van der Waals surface area contributed by atoms with Crippen LogP contribution in [0.3, 0.4) is 0 Å². The third-order valence-corrected chi connectivity index (χ3v) is 4.28. The van der Waals surface area contributed by atoms with E-state index in [1.807, 2.05) is 35.8 Å². The van der Waals surface area contributed by atoms with E-state index >= 15 is 0 Å². The minimum atomic E-state index is -3.28. The SMILES string of the molecule is O=C(NNC(=O)C(F)F)c1ccc([N+](=O)[O-])cc1SCc1ccccc1. The zero-order chi connectivity index (χ0) is 19.1. The fourth-order valence-electron chi connectivity index (χ4n) is 1.91. The number of carbonyl (C=O) groups excluding carboxylic acids is 2. The van der Waals surface area contributed by atoms with Crippen molar-refractivity contribution >= 4 is 29.3 Å². The Morgan fingerprint density at radius 2 is 1.81 bits per heavy atom. The van der Waals surface area contributed by atoms with Crippen molar-refractivity contribution in [3.8, 4) is 0 Å². The monoisotopic (exact) mass is 381 g/mol. The summed E-state index contributed by atoms with van der Waals surface area (Å²) in [6.45, 7) is 0. The van der Waals surface area contributed by atoms with Crippen LogP contribution in [-0.4, -0.2) is 23.2 Å². The molecular weight excluding hydrogens is 368 g/mol. The standard InChI is InChI=1S/C16H13F2N3O4S/c17-14(18)16(23)20-19-15(22)12-7-6-11(21(24)25)8-13(12)26-9-10-4-2-1-3-5-10/h1-8,14H,9H2,(H,19,22)(H,20,23). The van der Waals surface area contributed by atoms with Crippen molar-refractivity contribution < 1.29 is 23.3 Å². The predicted molar refractivity (Wildman–Crippen MR) is 90.7 cm³/mol. The number of halogens is 2. The van der Waals surface area contributed by atoms with Crippen LogP contribution >= 0.6 is 11.8 Å². The third kappa shape index (κ3) is 5.24. The summed E-state index contributed by atoms with van der Waals surface area (Å²) in [5.41, 5.74) is 4.19. The maximum Gasteiger partial charge on any atom is 0.317 e. The second-order valence-electron chi connectivity index (χ2n) is 4.96. The lowest BCUT2D eigenvalue weighted by Crippen LogP contribution is -2.44. The highest BCUT2D eigenvalue weighted by atomic mass is 32.2. The van der Waals surface area contributed by atoms with Gasteiger partial charge in [-0.05, 0) is 11.6 Å². The highest BCUT2D eigenvalue weighted by Crippen LogP contribution is 2.30. The van der Waals surface area contributed by atoms with Gasteiger partial charge in [-0.3, -0.25) is 30.6 Å². The first-order chi connectivity index (χ1) is 12.4. The molecular formula is C16H13F2N3O4S. The van der Waals surface area contributed by atoms with Crippen molar-refractivity contribution in [2.75, 3.05) is 0 Å². The second-order valence-corrected chi connectivity index (χ2v) is 5.97. The maximum atomic E-state index is 12.2. The van der Waals surface area contributed by atoms with Gasteiger partial charge >= 0.3 is 12.3 Å². The fraction of sp³-hybridized carbons (Fsp3) is 0.125. The first-order valence-electron chi connectivity index (χ1n) is 7.22. The number of amides is 2. The first-order valence-corrected chi connectivity index (χ1v) is 8.20. The molecule has 2 aromatic rings. The van der Waals surface area contributed by atoms with Gasteiger partial charge in [-0.25, -0.2) is 0 Å². The van der Waals surface area contributed by atoms with Crippen LogP contribution < -0.4 is 10.9 Å². The van der Waals surface area contributed by atoms with Gasteiger partial charge in [-0.2, -0.15) is 8.78 Å². The molecule has 0 bridgehead atoms. The van der Waals surface area contributed by atoms with Gasteiger partial charge in [0, 0.05) is 22.8 Å². The minimum Gasteiger partial charge on any atom is -0.267 e. The van der Waals surface area contributed by atoms with Crippen LogP contribution in [0.15, 0.2) is 53.4 Å². The maximum absolute atomic E-state index is 12.2. The molecule has 2 N–H and O–H groups in total. The van der Waals surface area contributed by atoms with Gasteiger partial charge in [0.2, 0.25) is 0 Å². The molecule has 2 aromatic carbocycles. The predicted octanol–water partition coefficient (Wildman–Crippen LogP) is 2.91. The first kappa shape index (κ1) is 19.3. The van der Waals surface area contributed by atoms with E-state index in [1.54, 1.807) is 5.43 Å². The average molecular weight is 381 g/mol. The van der Waals surface area contributed by atoms with Crippen LogP contribution in [0.1, 0.15) is 15.9 Å². The van der Waals surface area contributed by atoms with Crippen molar-refractivity contribution in [2.45, 2.75) is 17.1 Å². The summed E-state index contributed by atoms with van der Waals surface area (Å²) in [6, 6.07) is 12.8. The van der Waals surface area contributed by atoms with Crippen LogP contribution in [0.2, 0.25) is 0 Å². The van der Waals surface area contributed by atoms with Gasteiger partial charge in [0.25, 0.3) is 11.6 Å². The number of alkyl halides is 2. The van der Waals surface area contributed by atoms with Crippen LogP contribution in [0.4, 0.5) is 14.5 Å². The number of nitro benzene ring substituents is 1. The van der Waals surface area contributed by atoms with Gasteiger partial charge < -0.3 is 0 Å². The Bertz CT molecular complexity index is 818. The summed E-state index contributed by atoms with van der Waals surface area (Å²) in [5.74, 6) is -2.07. The molecule has 0 aliphatic rings. The molecule has 136 valence electrons. The Hall–Kier alpha value is -3.01. The molecule has 26 heavy (non-hydrogen) atoms. The summed E-state index contributed by atoms with van der Waals surface area (Å²) in [5, 5.41) is 11.0. The van der Waals surface area contributed by atoms with E-state index < -0.39 is 23.2 Å². The molecule has 0 heterocycles. The van der Waals surface area contributed by atoms with Crippen molar-refractivity contribution in [3.63, 3.8) is 0 Å². The summed E-state index contributed by atoms with van der Waals surface area (Å²) in [7, 11) is 0. The third-order valence-electron chi connectivity index (χ3n) is 3.16. The van der Waals surface area contributed by atoms with E-state index in [2.05, 4.69) is 0 Å². The van der Waals surface area contributed by atoms with Crippen LogP contribution in [0.5, 0.6) is 0 Å². The molecule has 7 nitrogen and oxygen atoms in total. The summed E-state index contributed by atoms with van der Waals surface area (Å²) < 4.78 is 24.3. The summed E-state index contributed by atoms with van der Waals surface area (Å²) >= 11 is 1.17. The number of benzene rings is 2. The van der Waals surface area contributed by atoms with E-state index in [-0.39, 0.29) is 16.1 Å². The van der Waals surface area contributed by atoms with E-state index in [4.69, 9.17) is 0 Å². The van der Waals surface area contributed by atoms with Gasteiger partial charge in [0.05, 0.1) is 10.5 Å². The highest BCUT2D eigenvalue weighted by Gasteiger charge is 2.19. The van der Waals surface area contributed by atoms with E-state index in [1.165, 1.54) is 23.9 Å². The number of thioether (sulfide) groups is 1. The molecule has 2 amide bonds. The zero-order valence-electron chi connectivity index (χ0n) is 13.1. The molecule has 0 saturated heterocycles. The summed E-state index contributed by atoms with van der Waals surface area (Å²) in [6.07, 6.45) is -3.28. The largest absolute Gasteiger partial charge is 0.317 e. The van der Waals surface area contributed by atoms with Crippen LogP contribution in [-0.2, 0) is 10.5 Å². The van der Waals surface area contributed by atoms with Crippen molar-refractivity contribution in [3.05, 3.63) is 69.8 Å². The smallest absolute Gasteiger partial charge is 0.267 e.